The molecule has 4 heteroatoms. The van der Waals surface area contributed by atoms with Crippen LogP contribution in [0.4, 0.5) is 0 Å². The van der Waals surface area contributed by atoms with Gasteiger partial charge < -0.3 is 14.9 Å². The molecule has 15 heavy (non-hydrogen) atoms. The van der Waals surface area contributed by atoms with Gasteiger partial charge in [-0.15, -0.1) is 0 Å². The zero-order valence-corrected chi connectivity index (χ0v) is 9.15. The Morgan fingerprint density at radius 1 is 1.40 bits per heavy atom. The minimum absolute atomic E-state index is 0.245. The normalized spacial score (nSPS) is 18.1. The molecule has 2 unspecified atom stereocenters. The van der Waals surface area contributed by atoms with E-state index in [1.807, 2.05) is 12.1 Å². The molecule has 1 aliphatic rings. The Morgan fingerprint density at radius 3 is 2.93 bits per heavy atom. The SMILES string of the molecule is OC(CS)C(O)c1ccc2c(c1)CCO2. The summed E-state index contributed by atoms with van der Waals surface area (Å²) in [6.07, 6.45) is -0.825. The van der Waals surface area contributed by atoms with Gasteiger partial charge >= 0.3 is 0 Å². The molecule has 0 aromatic heterocycles. The molecule has 0 saturated carbocycles. The number of aliphatic hydroxyl groups is 2. The van der Waals surface area contributed by atoms with Crippen molar-refractivity contribution in [1.29, 1.82) is 0 Å². The maximum Gasteiger partial charge on any atom is 0.122 e. The second-order valence-corrected chi connectivity index (χ2v) is 4.03. The van der Waals surface area contributed by atoms with Crippen molar-refractivity contribution in [3.63, 3.8) is 0 Å². The molecular formula is C11H14O3S. The van der Waals surface area contributed by atoms with Gasteiger partial charge in [-0.05, 0) is 23.3 Å². The van der Waals surface area contributed by atoms with Crippen molar-refractivity contribution < 1.29 is 14.9 Å². The molecule has 0 spiro atoms. The average Bonchev–Trinajstić information content (AvgIpc) is 2.73. The highest BCUT2D eigenvalue weighted by Gasteiger charge is 2.19. The van der Waals surface area contributed by atoms with E-state index < -0.39 is 12.2 Å². The second kappa shape index (κ2) is 4.43. The zero-order chi connectivity index (χ0) is 10.8. The largest absolute Gasteiger partial charge is 0.493 e. The van der Waals surface area contributed by atoms with Crippen LogP contribution in [-0.4, -0.2) is 28.7 Å². The molecule has 1 aromatic rings. The predicted octanol–water partition coefficient (Wildman–Crippen LogP) is 0.946. The Hall–Kier alpha value is -0.710. The molecule has 2 N–H and O–H groups in total. The second-order valence-electron chi connectivity index (χ2n) is 3.66. The molecular weight excluding hydrogens is 212 g/mol. The molecule has 0 fully saturated rings. The lowest BCUT2D eigenvalue weighted by atomic mass is 10.0. The number of ether oxygens (including phenoxy) is 1. The summed E-state index contributed by atoms with van der Waals surface area (Å²) in [5.74, 6) is 1.13. The van der Waals surface area contributed by atoms with Crippen LogP contribution in [0.1, 0.15) is 17.2 Å². The molecule has 3 nitrogen and oxygen atoms in total. The van der Waals surface area contributed by atoms with Gasteiger partial charge in [0, 0.05) is 12.2 Å². The van der Waals surface area contributed by atoms with Crippen molar-refractivity contribution in [1.82, 2.24) is 0 Å². The molecule has 0 amide bonds. The Bertz CT molecular complexity index is 354. The predicted molar refractivity (Wildman–Crippen MR) is 60.5 cm³/mol. The molecule has 1 aromatic carbocycles. The van der Waals surface area contributed by atoms with Crippen LogP contribution in [0.2, 0.25) is 0 Å². The highest BCUT2D eigenvalue weighted by atomic mass is 32.1. The minimum atomic E-state index is -0.867. The summed E-state index contributed by atoms with van der Waals surface area (Å²) >= 11 is 3.95. The highest BCUT2D eigenvalue weighted by Crippen LogP contribution is 2.29. The zero-order valence-electron chi connectivity index (χ0n) is 8.26. The number of benzene rings is 1. The minimum Gasteiger partial charge on any atom is -0.493 e. The smallest absolute Gasteiger partial charge is 0.122 e. The van der Waals surface area contributed by atoms with E-state index in [9.17, 15) is 10.2 Å². The number of fused-ring (bicyclic) bond motifs is 1. The third-order valence-corrected chi connectivity index (χ3v) is 2.98. The quantitative estimate of drug-likeness (QED) is 0.672. The van der Waals surface area contributed by atoms with E-state index in [2.05, 4.69) is 12.6 Å². The van der Waals surface area contributed by atoms with Crippen molar-refractivity contribution in [3.8, 4) is 5.75 Å². The third kappa shape index (κ3) is 2.12. The van der Waals surface area contributed by atoms with Gasteiger partial charge in [0.15, 0.2) is 0 Å². The third-order valence-electron chi connectivity index (χ3n) is 2.61. The van der Waals surface area contributed by atoms with E-state index in [4.69, 9.17) is 4.74 Å². The van der Waals surface area contributed by atoms with Crippen molar-refractivity contribution in [3.05, 3.63) is 29.3 Å². The highest BCUT2D eigenvalue weighted by molar-refractivity contribution is 7.80. The fourth-order valence-corrected chi connectivity index (χ4v) is 1.91. The fourth-order valence-electron chi connectivity index (χ4n) is 1.71. The summed E-state index contributed by atoms with van der Waals surface area (Å²) in [7, 11) is 0. The molecule has 2 rings (SSSR count). The summed E-state index contributed by atoms with van der Waals surface area (Å²) in [6.45, 7) is 0.698. The summed E-state index contributed by atoms with van der Waals surface area (Å²) in [6, 6.07) is 5.51. The topological polar surface area (TPSA) is 49.7 Å². The van der Waals surface area contributed by atoms with Crippen LogP contribution in [0.15, 0.2) is 18.2 Å². The van der Waals surface area contributed by atoms with E-state index in [1.165, 1.54) is 0 Å². The number of aliphatic hydroxyl groups excluding tert-OH is 2. The molecule has 2 atom stereocenters. The van der Waals surface area contributed by atoms with Crippen LogP contribution in [-0.2, 0) is 6.42 Å². The Morgan fingerprint density at radius 2 is 2.20 bits per heavy atom. The first-order chi connectivity index (χ1) is 7.22. The number of hydrogen-bond donors (Lipinski definition) is 3. The van der Waals surface area contributed by atoms with Gasteiger partial charge in [0.1, 0.15) is 11.9 Å². The Balaban J connectivity index is 2.22. The number of thiol groups is 1. The van der Waals surface area contributed by atoms with Crippen LogP contribution < -0.4 is 4.74 Å². The van der Waals surface area contributed by atoms with Gasteiger partial charge in [0.05, 0.1) is 12.7 Å². The van der Waals surface area contributed by atoms with Crippen molar-refractivity contribution in [2.75, 3.05) is 12.4 Å². The maximum absolute atomic E-state index is 9.78. The van der Waals surface area contributed by atoms with Crippen LogP contribution in [0.3, 0.4) is 0 Å². The lowest BCUT2D eigenvalue weighted by molar-refractivity contribution is 0.0337. The Kier molecular flexibility index (Phi) is 3.19. The maximum atomic E-state index is 9.78. The van der Waals surface area contributed by atoms with E-state index in [1.54, 1.807) is 6.07 Å². The standard InChI is InChI=1S/C11H14O3S/c12-9(6-15)11(13)8-1-2-10-7(5-8)3-4-14-10/h1-2,5,9,11-13,15H,3-4,6H2. The van der Waals surface area contributed by atoms with Gasteiger partial charge in [-0.3, -0.25) is 0 Å². The van der Waals surface area contributed by atoms with Gasteiger partial charge in [-0.1, -0.05) is 6.07 Å². The fraction of sp³-hybridized carbons (Fsp3) is 0.455. The summed E-state index contributed by atoms with van der Waals surface area (Å²) in [5, 5.41) is 19.3. The van der Waals surface area contributed by atoms with E-state index in [-0.39, 0.29) is 5.75 Å². The average molecular weight is 226 g/mol. The van der Waals surface area contributed by atoms with Crippen molar-refractivity contribution >= 4 is 12.6 Å². The van der Waals surface area contributed by atoms with Crippen molar-refractivity contribution in [2.45, 2.75) is 18.6 Å². The van der Waals surface area contributed by atoms with Crippen LogP contribution in [0.5, 0.6) is 5.75 Å². The number of rotatable bonds is 3. The van der Waals surface area contributed by atoms with Gasteiger partial charge in [0.25, 0.3) is 0 Å². The van der Waals surface area contributed by atoms with E-state index >= 15 is 0 Å². The summed E-state index contributed by atoms with van der Waals surface area (Å²) in [5.41, 5.74) is 1.82. The molecule has 0 saturated heterocycles. The summed E-state index contributed by atoms with van der Waals surface area (Å²) in [4.78, 5) is 0. The molecule has 82 valence electrons. The van der Waals surface area contributed by atoms with Gasteiger partial charge in [0.2, 0.25) is 0 Å². The number of hydrogen-bond acceptors (Lipinski definition) is 4. The lowest BCUT2D eigenvalue weighted by Gasteiger charge is -2.16. The Labute approximate surface area is 94.1 Å². The van der Waals surface area contributed by atoms with E-state index in [0.29, 0.717) is 6.61 Å². The first kappa shape index (κ1) is 10.8. The van der Waals surface area contributed by atoms with E-state index in [0.717, 1.165) is 23.3 Å². The van der Waals surface area contributed by atoms with Crippen LogP contribution >= 0.6 is 12.6 Å². The van der Waals surface area contributed by atoms with Gasteiger partial charge in [-0.2, -0.15) is 12.6 Å². The monoisotopic (exact) mass is 226 g/mol. The molecule has 1 aliphatic heterocycles. The molecule has 1 heterocycles. The molecule has 0 aliphatic carbocycles. The molecule has 0 bridgehead atoms. The first-order valence-electron chi connectivity index (χ1n) is 4.95. The summed E-state index contributed by atoms with van der Waals surface area (Å²) < 4.78 is 5.36. The lowest BCUT2D eigenvalue weighted by Crippen LogP contribution is -2.19. The van der Waals surface area contributed by atoms with Crippen LogP contribution in [0, 0.1) is 0 Å². The first-order valence-corrected chi connectivity index (χ1v) is 5.58. The van der Waals surface area contributed by atoms with Gasteiger partial charge in [-0.25, -0.2) is 0 Å². The van der Waals surface area contributed by atoms with Crippen LogP contribution in [0.25, 0.3) is 0 Å². The molecule has 0 radical (unpaired) electrons. The van der Waals surface area contributed by atoms with Crippen molar-refractivity contribution in [2.24, 2.45) is 0 Å².